The number of nitrogens with one attached hydrogen (secondary N) is 4. The number of ether oxygens (including phenoxy) is 2. The number of hydrogen-bond acceptors (Lipinski definition) is 6. The van der Waals surface area contributed by atoms with Crippen molar-refractivity contribution in [1.29, 1.82) is 0 Å². The quantitative estimate of drug-likeness (QED) is 0.103. The molecule has 0 saturated carbocycles. The van der Waals surface area contributed by atoms with E-state index in [1.165, 1.54) is 127 Å². The van der Waals surface area contributed by atoms with Crippen LogP contribution in [0.1, 0.15) is 101 Å². The fourth-order valence-corrected chi connectivity index (χ4v) is 5.31. The summed E-state index contributed by atoms with van der Waals surface area (Å²) in [5, 5.41) is 14.4. The summed E-state index contributed by atoms with van der Waals surface area (Å²) in [6, 6.07) is 16.5. The maximum atomic E-state index is 5.41. The van der Waals surface area contributed by atoms with Gasteiger partial charge in [-0.05, 0) is 89.9 Å². The minimum absolute atomic E-state index is 0. The molecule has 0 aliphatic heterocycles. The van der Waals surface area contributed by atoms with Crippen LogP contribution in [0.2, 0.25) is 0 Å². The molecule has 0 atom stereocenters. The highest BCUT2D eigenvalue weighted by Gasteiger charge is 2.01. The van der Waals surface area contributed by atoms with E-state index in [2.05, 4.69) is 45.5 Å². The van der Waals surface area contributed by atoms with Crippen LogP contribution in [0.15, 0.2) is 48.5 Å². The minimum atomic E-state index is 0. The Kier molecular flexibility index (Phi) is 26.4. The zero-order valence-corrected chi connectivity index (χ0v) is 28.1. The lowest BCUT2D eigenvalue weighted by atomic mass is 10.1. The maximum absolute atomic E-state index is 5.41. The van der Waals surface area contributed by atoms with E-state index in [1.807, 2.05) is 24.3 Å². The third kappa shape index (κ3) is 20.7. The molecule has 2 rings (SSSR count). The van der Waals surface area contributed by atoms with Crippen LogP contribution in [0.4, 0.5) is 0 Å². The predicted octanol–water partition coefficient (Wildman–Crippen LogP) is 4.23. The number of methoxy groups -OCH3 is 2. The lowest BCUT2D eigenvalue weighted by Crippen LogP contribution is -3.00. The Hall–Kier alpha value is -1.83. The largest absolute Gasteiger partial charge is 1.00 e. The lowest BCUT2D eigenvalue weighted by Gasteiger charge is -2.09. The molecule has 4 N–H and O–H groups in total. The fraction of sp³-hybridized carbons (Fsp3) is 0.667. The SMILES string of the molecule is COc1ccccc1CNCCCCCCNCCCCCCCCNCCCCCCNCc1ccccc1OC.[Cl-]. The molecule has 0 fully saturated rings. The smallest absolute Gasteiger partial charge is 0.123 e. The first-order valence-corrected chi connectivity index (χ1v) is 16.9. The molecule has 0 aliphatic carbocycles. The Balaban J connectivity index is 0.00000924. The standard InChI is InChI=1S/C36H62N4O2.ClH/c1-41-35-23-13-11-21-33(35)31-39-29-19-9-7-17-27-37-25-15-5-3-4-6-16-26-38-28-18-8-10-20-30-40-32-34-22-12-14-24-36(34)42-2;/h11-14,21-24,37-40H,3-10,15-20,25-32H2,1-2H3;1H/p-1. The van der Waals surface area contributed by atoms with Gasteiger partial charge in [-0.15, -0.1) is 0 Å². The maximum Gasteiger partial charge on any atom is 0.123 e. The van der Waals surface area contributed by atoms with Gasteiger partial charge in [0.05, 0.1) is 14.2 Å². The van der Waals surface area contributed by atoms with Gasteiger partial charge in [-0.2, -0.15) is 0 Å². The molecule has 2 aromatic rings. The van der Waals surface area contributed by atoms with Crippen molar-refractivity contribution in [1.82, 2.24) is 21.3 Å². The summed E-state index contributed by atoms with van der Waals surface area (Å²) < 4.78 is 10.8. The Morgan fingerprint density at radius 2 is 0.674 bits per heavy atom. The Bertz CT molecular complexity index is 814. The second kappa shape index (κ2) is 28.9. The van der Waals surface area contributed by atoms with Crippen molar-refractivity contribution in [3.8, 4) is 11.5 Å². The minimum Gasteiger partial charge on any atom is -1.00 e. The van der Waals surface area contributed by atoms with E-state index in [0.29, 0.717) is 0 Å². The lowest BCUT2D eigenvalue weighted by molar-refractivity contribution is -0.00000952. The normalized spacial score (nSPS) is 10.9. The Labute approximate surface area is 270 Å². The van der Waals surface area contributed by atoms with E-state index in [1.54, 1.807) is 14.2 Å². The molecule has 0 unspecified atom stereocenters. The average molecular weight is 618 g/mol. The second-order valence-corrected chi connectivity index (χ2v) is 11.4. The molecule has 0 spiro atoms. The van der Waals surface area contributed by atoms with Gasteiger partial charge in [0, 0.05) is 24.2 Å². The zero-order chi connectivity index (χ0) is 29.8. The molecule has 0 amide bonds. The van der Waals surface area contributed by atoms with Gasteiger partial charge >= 0.3 is 0 Å². The fourth-order valence-electron chi connectivity index (χ4n) is 5.31. The van der Waals surface area contributed by atoms with Crippen LogP contribution < -0.4 is 43.1 Å². The third-order valence-corrected chi connectivity index (χ3v) is 7.89. The van der Waals surface area contributed by atoms with Gasteiger partial charge < -0.3 is 43.1 Å². The molecule has 2 aromatic carbocycles. The Morgan fingerprint density at radius 1 is 0.395 bits per heavy atom. The topological polar surface area (TPSA) is 66.6 Å². The van der Waals surface area contributed by atoms with Gasteiger partial charge in [0.15, 0.2) is 0 Å². The molecule has 0 radical (unpaired) electrons. The summed E-state index contributed by atoms with van der Waals surface area (Å²) in [6.45, 7) is 8.62. The zero-order valence-electron chi connectivity index (χ0n) is 27.4. The van der Waals surface area contributed by atoms with E-state index in [-0.39, 0.29) is 12.4 Å². The summed E-state index contributed by atoms with van der Waals surface area (Å²) >= 11 is 0. The van der Waals surface area contributed by atoms with Crippen molar-refractivity contribution in [2.24, 2.45) is 0 Å². The van der Waals surface area contributed by atoms with Crippen molar-refractivity contribution in [3.05, 3.63) is 59.7 Å². The van der Waals surface area contributed by atoms with E-state index in [9.17, 15) is 0 Å². The van der Waals surface area contributed by atoms with Crippen molar-refractivity contribution < 1.29 is 21.9 Å². The highest BCUT2D eigenvalue weighted by molar-refractivity contribution is 5.33. The molecule has 0 aromatic heterocycles. The molecule has 7 heteroatoms. The Morgan fingerprint density at radius 3 is 1.00 bits per heavy atom. The van der Waals surface area contributed by atoms with Gasteiger partial charge in [-0.1, -0.05) is 87.8 Å². The summed E-state index contributed by atoms with van der Waals surface area (Å²) in [5.74, 6) is 1.95. The first kappa shape index (κ1) is 39.2. The molecule has 0 saturated heterocycles. The van der Waals surface area contributed by atoms with Crippen LogP contribution in [0.5, 0.6) is 11.5 Å². The summed E-state index contributed by atoms with van der Waals surface area (Å²) in [5.41, 5.74) is 2.47. The van der Waals surface area contributed by atoms with Gasteiger partial charge in [-0.25, -0.2) is 0 Å². The van der Waals surface area contributed by atoms with Crippen molar-refractivity contribution in [2.75, 3.05) is 53.5 Å². The summed E-state index contributed by atoms with van der Waals surface area (Å²) in [6.07, 6.45) is 18.5. The number of para-hydroxylation sites is 2. The third-order valence-electron chi connectivity index (χ3n) is 7.89. The molecule has 0 aliphatic rings. The van der Waals surface area contributed by atoms with Crippen LogP contribution in [0.3, 0.4) is 0 Å². The van der Waals surface area contributed by atoms with Crippen LogP contribution in [0.25, 0.3) is 0 Å². The van der Waals surface area contributed by atoms with E-state index >= 15 is 0 Å². The van der Waals surface area contributed by atoms with Crippen LogP contribution in [-0.4, -0.2) is 53.5 Å². The monoisotopic (exact) mass is 617 g/mol. The van der Waals surface area contributed by atoms with Crippen molar-refractivity contribution in [2.45, 2.75) is 103 Å². The number of hydrogen-bond donors (Lipinski definition) is 4. The number of rotatable bonds is 29. The highest BCUT2D eigenvalue weighted by atomic mass is 35.5. The molecule has 6 nitrogen and oxygen atoms in total. The molecule has 246 valence electrons. The molecule has 0 heterocycles. The molecular formula is C36H62ClN4O2-. The number of halogens is 1. The highest BCUT2D eigenvalue weighted by Crippen LogP contribution is 2.17. The predicted molar refractivity (Wildman–Crippen MR) is 180 cm³/mol. The van der Waals surface area contributed by atoms with Crippen LogP contribution >= 0.6 is 0 Å². The van der Waals surface area contributed by atoms with Crippen molar-refractivity contribution in [3.63, 3.8) is 0 Å². The van der Waals surface area contributed by atoms with Gasteiger partial charge in [0.25, 0.3) is 0 Å². The number of benzene rings is 2. The van der Waals surface area contributed by atoms with Crippen LogP contribution in [0, 0.1) is 0 Å². The van der Waals surface area contributed by atoms with Crippen molar-refractivity contribution >= 4 is 0 Å². The van der Waals surface area contributed by atoms with E-state index < -0.39 is 0 Å². The first-order valence-electron chi connectivity index (χ1n) is 16.9. The summed E-state index contributed by atoms with van der Waals surface area (Å²) in [7, 11) is 3.48. The van der Waals surface area contributed by atoms with Gasteiger partial charge in [-0.3, -0.25) is 0 Å². The van der Waals surface area contributed by atoms with Gasteiger partial charge in [0.2, 0.25) is 0 Å². The van der Waals surface area contributed by atoms with E-state index in [4.69, 9.17) is 9.47 Å². The van der Waals surface area contributed by atoms with E-state index in [0.717, 1.165) is 37.7 Å². The number of unbranched alkanes of at least 4 members (excludes halogenated alkanes) is 11. The summed E-state index contributed by atoms with van der Waals surface area (Å²) in [4.78, 5) is 0. The van der Waals surface area contributed by atoms with Crippen LogP contribution in [-0.2, 0) is 13.1 Å². The molecular weight excluding hydrogens is 556 g/mol. The van der Waals surface area contributed by atoms with Gasteiger partial charge in [0.1, 0.15) is 11.5 Å². The average Bonchev–Trinajstić information content (AvgIpc) is 3.03. The first-order chi connectivity index (χ1) is 20.8. The second-order valence-electron chi connectivity index (χ2n) is 11.4. The molecule has 43 heavy (non-hydrogen) atoms. The molecule has 0 bridgehead atoms.